The number of aliphatic imine (C=N–C) groups is 1. The van der Waals surface area contributed by atoms with Gasteiger partial charge in [0.1, 0.15) is 0 Å². The molecule has 2 unspecified atom stereocenters. The Morgan fingerprint density at radius 2 is 2.27 bits per heavy atom. The molecule has 0 bridgehead atoms. The second-order valence-electron chi connectivity index (χ2n) is 3.04. The molecule has 1 saturated carbocycles. The molecule has 1 aliphatic rings. The Kier molecular flexibility index (Phi) is 2.88. The van der Waals surface area contributed by atoms with Gasteiger partial charge in [-0.25, -0.2) is 0 Å². The molecule has 0 aliphatic heterocycles. The minimum Gasteiger partial charge on any atom is -0.388 e. The summed E-state index contributed by atoms with van der Waals surface area (Å²) in [5.41, 5.74) is 5.48. The molecule has 3 nitrogen and oxygen atoms in total. The average Bonchev–Trinajstić information content (AvgIpc) is 2.34. The molecule has 1 fully saturated rings. The maximum absolute atomic E-state index is 5.48. The molecule has 1 aliphatic carbocycles. The van der Waals surface area contributed by atoms with Crippen LogP contribution in [0.1, 0.15) is 26.2 Å². The fourth-order valence-electron chi connectivity index (χ4n) is 1.59. The summed E-state index contributed by atoms with van der Waals surface area (Å²) in [6.07, 6.45) is 3.75. The molecule has 0 spiro atoms. The number of methoxy groups -OCH3 is 1. The minimum atomic E-state index is 0.300. The SMILES string of the molecule is COC1CCCC1N=C(C)N. The van der Waals surface area contributed by atoms with Crippen LogP contribution in [-0.4, -0.2) is 25.1 Å². The first-order chi connectivity index (χ1) is 5.24. The largest absolute Gasteiger partial charge is 0.388 e. The zero-order chi connectivity index (χ0) is 8.27. The van der Waals surface area contributed by atoms with Gasteiger partial charge >= 0.3 is 0 Å². The molecule has 1 rings (SSSR count). The van der Waals surface area contributed by atoms with Crippen LogP contribution in [0.4, 0.5) is 0 Å². The van der Waals surface area contributed by atoms with E-state index in [0.717, 1.165) is 12.8 Å². The maximum Gasteiger partial charge on any atom is 0.0910 e. The fourth-order valence-corrected chi connectivity index (χ4v) is 1.59. The second kappa shape index (κ2) is 3.72. The second-order valence-corrected chi connectivity index (χ2v) is 3.04. The van der Waals surface area contributed by atoms with E-state index in [9.17, 15) is 0 Å². The van der Waals surface area contributed by atoms with Gasteiger partial charge in [-0.1, -0.05) is 0 Å². The van der Waals surface area contributed by atoms with E-state index in [0.29, 0.717) is 18.0 Å². The van der Waals surface area contributed by atoms with E-state index in [-0.39, 0.29) is 0 Å². The van der Waals surface area contributed by atoms with Crippen molar-refractivity contribution in [2.24, 2.45) is 10.7 Å². The van der Waals surface area contributed by atoms with Crippen molar-refractivity contribution in [1.29, 1.82) is 0 Å². The molecule has 3 heteroatoms. The van der Waals surface area contributed by atoms with Gasteiger partial charge in [0, 0.05) is 7.11 Å². The molecular weight excluding hydrogens is 140 g/mol. The summed E-state index contributed by atoms with van der Waals surface area (Å²) in [5.74, 6) is 0.666. The lowest BCUT2D eigenvalue weighted by Gasteiger charge is -2.13. The quantitative estimate of drug-likeness (QED) is 0.477. The van der Waals surface area contributed by atoms with Crippen molar-refractivity contribution >= 4 is 5.84 Å². The maximum atomic E-state index is 5.48. The van der Waals surface area contributed by atoms with Gasteiger partial charge in [-0.3, -0.25) is 4.99 Å². The van der Waals surface area contributed by atoms with Crippen molar-refractivity contribution < 1.29 is 4.74 Å². The van der Waals surface area contributed by atoms with E-state index in [1.807, 2.05) is 6.92 Å². The average molecular weight is 156 g/mol. The Balaban J connectivity index is 2.50. The Bertz CT molecular complexity index is 152. The standard InChI is InChI=1S/C8H16N2O/c1-6(9)10-7-4-3-5-8(7)11-2/h7-8H,3-5H2,1-2H3,(H2,9,10). The highest BCUT2D eigenvalue weighted by Gasteiger charge is 2.26. The third-order valence-corrected chi connectivity index (χ3v) is 2.09. The van der Waals surface area contributed by atoms with Crippen LogP contribution in [0.3, 0.4) is 0 Å². The number of rotatable bonds is 2. The lowest BCUT2D eigenvalue weighted by atomic mass is 10.2. The van der Waals surface area contributed by atoms with Crippen LogP contribution in [0.5, 0.6) is 0 Å². The van der Waals surface area contributed by atoms with Crippen LogP contribution in [0.15, 0.2) is 4.99 Å². The van der Waals surface area contributed by atoms with Crippen molar-refractivity contribution in [3.63, 3.8) is 0 Å². The third-order valence-electron chi connectivity index (χ3n) is 2.09. The molecule has 2 N–H and O–H groups in total. The van der Waals surface area contributed by atoms with E-state index in [1.54, 1.807) is 7.11 Å². The smallest absolute Gasteiger partial charge is 0.0910 e. The van der Waals surface area contributed by atoms with E-state index < -0.39 is 0 Å². The Hall–Kier alpha value is -0.570. The monoisotopic (exact) mass is 156 g/mol. The molecule has 64 valence electrons. The highest BCUT2D eigenvalue weighted by molar-refractivity contribution is 5.77. The van der Waals surface area contributed by atoms with Gasteiger partial charge in [0.05, 0.1) is 18.0 Å². The first-order valence-corrected chi connectivity index (χ1v) is 4.06. The lowest BCUT2D eigenvalue weighted by molar-refractivity contribution is 0.0966. The predicted octanol–water partition coefficient (Wildman–Crippen LogP) is 0.931. The Morgan fingerprint density at radius 3 is 2.82 bits per heavy atom. The van der Waals surface area contributed by atoms with Gasteiger partial charge in [-0.05, 0) is 26.2 Å². The number of amidine groups is 1. The molecule has 2 atom stereocenters. The highest BCUT2D eigenvalue weighted by atomic mass is 16.5. The summed E-state index contributed by atoms with van der Waals surface area (Å²) < 4.78 is 5.26. The molecule has 0 saturated heterocycles. The highest BCUT2D eigenvalue weighted by Crippen LogP contribution is 2.24. The molecule has 0 aromatic carbocycles. The summed E-state index contributed by atoms with van der Waals surface area (Å²) in [6.45, 7) is 1.82. The molecule has 0 heterocycles. The number of nitrogens with zero attached hydrogens (tertiary/aromatic N) is 1. The van der Waals surface area contributed by atoms with E-state index >= 15 is 0 Å². The van der Waals surface area contributed by atoms with Gasteiger partial charge in [0.15, 0.2) is 0 Å². The molecular formula is C8H16N2O. The van der Waals surface area contributed by atoms with Gasteiger partial charge in [-0.15, -0.1) is 0 Å². The van der Waals surface area contributed by atoms with Crippen LogP contribution in [0.25, 0.3) is 0 Å². The fraction of sp³-hybridized carbons (Fsp3) is 0.875. The van der Waals surface area contributed by atoms with Gasteiger partial charge < -0.3 is 10.5 Å². The summed E-state index contributed by atoms with van der Waals surface area (Å²) >= 11 is 0. The molecule has 0 amide bonds. The molecule has 11 heavy (non-hydrogen) atoms. The zero-order valence-electron chi connectivity index (χ0n) is 7.21. The van der Waals surface area contributed by atoms with Crippen LogP contribution >= 0.6 is 0 Å². The van der Waals surface area contributed by atoms with E-state index in [1.165, 1.54) is 6.42 Å². The van der Waals surface area contributed by atoms with Crippen LogP contribution in [-0.2, 0) is 4.74 Å². The van der Waals surface area contributed by atoms with Crippen molar-refractivity contribution in [2.75, 3.05) is 7.11 Å². The van der Waals surface area contributed by atoms with Crippen molar-refractivity contribution in [3.8, 4) is 0 Å². The van der Waals surface area contributed by atoms with Crippen LogP contribution in [0.2, 0.25) is 0 Å². The summed E-state index contributed by atoms with van der Waals surface area (Å²) in [6, 6.07) is 0.310. The predicted molar refractivity (Wildman–Crippen MR) is 45.7 cm³/mol. The zero-order valence-corrected chi connectivity index (χ0v) is 7.21. The van der Waals surface area contributed by atoms with Crippen LogP contribution < -0.4 is 5.73 Å². The van der Waals surface area contributed by atoms with Crippen molar-refractivity contribution in [2.45, 2.75) is 38.3 Å². The molecule has 0 radical (unpaired) electrons. The normalized spacial score (nSPS) is 32.7. The first kappa shape index (κ1) is 8.53. The number of hydrogen-bond donors (Lipinski definition) is 1. The first-order valence-electron chi connectivity index (χ1n) is 4.06. The Labute approximate surface area is 67.6 Å². The van der Waals surface area contributed by atoms with Gasteiger partial charge in [0.2, 0.25) is 0 Å². The van der Waals surface area contributed by atoms with E-state index in [4.69, 9.17) is 10.5 Å². The minimum absolute atomic E-state index is 0.300. The topological polar surface area (TPSA) is 47.6 Å². The van der Waals surface area contributed by atoms with Crippen LogP contribution in [0, 0.1) is 0 Å². The Morgan fingerprint density at radius 1 is 1.55 bits per heavy atom. The molecule has 0 aromatic rings. The van der Waals surface area contributed by atoms with E-state index in [2.05, 4.69) is 4.99 Å². The summed E-state index contributed by atoms with van der Waals surface area (Å²) in [5, 5.41) is 0. The number of nitrogens with two attached hydrogens (primary N) is 1. The number of hydrogen-bond acceptors (Lipinski definition) is 2. The number of ether oxygens (including phenoxy) is 1. The van der Waals surface area contributed by atoms with Gasteiger partial charge in [-0.2, -0.15) is 0 Å². The van der Waals surface area contributed by atoms with Gasteiger partial charge in [0.25, 0.3) is 0 Å². The summed E-state index contributed by atoms with van der Waals surface area (Å²) in [4.78, 5) is 4.30. The third kappa shape index (κ3) is 2.19. The lowest BCUT2D eigenvalue weighted by Crippen LogP contribution is -2.22. The molecule has 0 aromatic heterocycles. The van der Waals surface area contributed by atoms with Crippen molar-refractivity contribution in [1.82, 2.24) is 0 Å². The van der Waals surface area contributed by atoms with Crippen molar-refractivity contribution in [3.05, 3.63) is 0 Å². The summed E-state index contributed by atoms with van der Waals surface area (Å²) in [7, 11) is 1.74.